The molecule has 146 valence electrons. The third-order valence-corrected chi connectivity index (χ3v) is 4.87. The number of fused-ring (bicyclic) bond motifs is 2. The van der Waals surface area contributed by atoms with E-state index in [4.69, 9.17) is 4.74 Å². The van der Waals surface area contributed by atoms with Gasteiger partial charge in [0.25, 0.3) is 5.91 Å². The van der Waals surface area contributed by atoms with Gasteiger partial charge in [0.1, 0.15) is 6.33 Å². The summed E-state index contributed by atoms with van der Waals surface area (Å²) in [6.45, 7) is 0.533. The topological polar surface area (TPSA) is 109 Å². The number of carbonyl (C=O) groups excluding carboxylic acids is 1. The lowest BCUT2D eigenvalue weighted by Crippen LogP contribution is -2.31. The van der Waals surface area contributed by atoms with Crippen LogP contribution in [0.3, 0.4) is 0 Å². The lowest BCUT2D eigenvalue weighted by molar-refractivity contribution is 0.0947. The van der Waals surface area contributed by atoms with Crippen molar-refractivity contribution in [1.29, 1.82) is 0 Å². The van der Waals surface area contributed by atoms with Gasteiger partial charge in [-0.15, -0.1) is 10.2 Å². The van der Waals surface area contributed by atoms with Crippen LogP contribution in [0.1, 0.15) is 16.1 Å². The van der Waals surface area contributed by atoms with Crippen molar-refractivity contribution < 1.29 is 13.9 Å². The SMILES string of the molecule is COc1c(F)cccc1Nc1c(-c2ccnn3cnnc23)[nH]c2c1C(=O)NCC2. The van der Waals surface area contributed by atoms with Crippen LogP contribution in [0.5, 0.6) is 5.75 Å². The summed E-state index contributed by atoms with van der Waals surface area (Å²) in [6.07, 6.45) is 3.76. The molecule has 9 nitrogen and oxygen atoms in total. The largest absolute Gasteiger partial charge is 0.492 e. The number of nitrogens with zero attached hydrogens (tertiary/aromatic N) is 4. The van der Waals surface area contributed by atoms with E-state index in [2.05, 4.69) is 30.9 Å². The number of methoxy groups -OCH3 is 1. The van der Waals surface area contributed by atoms with Crippen molar-refractivity contribution in [3.05, 3.63) is 53.9 Å². The number of benzene rings is 1. The van der Waals surface area contributed by atoms with Crippen molar-refractivity contribution in [2.75, 3.05) is 19.0 Å². The first-order chi connectivity index (χ1) is 14.2. The first-order valence-electron chi connectivity index (χ1n) is 8.95. The number of halogens is 1. The Labute approximate surface area is 163 Å². The normalized spacial score (nSPS) is 13.2. The van der Waals surface area contributed by atoms with Crippen molar-refractivity contribution in [3.8, 4) is 17.0 Å². The Morgan fingerprint density at radius 2 is 2.21 bits per heavy atom. The van der Waals surface area contributed by atoms with E-state index >= 15 is 0 Å². The fraction of sp³-hybridized carbons (Fsp3) is 0.158. The third kappa shape index (κ3) is 2.68. The minimum absolute atomic E-state index is 0.0620. The van der Waals surface area contributed by atoms with Crippen LogP contribution in [0.25, 0.3) is 16.9 Å². The standard InChI is InChI=1S/C19H16FN7O2/c1-29-17-11(20)3-2-4-13(17)25-16-14-12(6-7-21-19(14)28)24-15(16)10-5-8-23-27-9-22-26-18(10)27/h2-5,8-9,24-25H,6-7H2,1H3,(H,21,28). The van der Waals surface area contributed by atoms with E-state index in [0.29, 0.717) is 46.8 Å². The monoisotopic (exact) mass is 393 g/mol. The number of para-hydroxylation sites is 1. The molecular formula is C19H16FN7O2. The molecule has 29 heavy (non-hydrogen) atoms. The summed E-state index contributed by atoms with van der Waals surface area (Å²) in [7, 11) is 1.40. The van der Waals surface area contributed by atoms with Crippen molar-refractivity contribution in [1.82, 2.24) is 30.1 Å². The predicted octanol–water partition coefficient (Wildman–Crippen LogP) is 2.30. The molecule has 0 saturated heterocycles. The molecule has 1 aromatic carbocycles. The highest BCUT2D eigenvalue weighted by atomic mass is 19.1. The number of hydrogen-bond donors (Lipinski definition) is 3. The smallest absolute Gasteiger partial charge is 0.255 e. The maximum atomic E-state index is 14.2. The summed E-state index contributed by atoms with van der Waals surface area (Å²) in [5, 5.41) is 18.3. The average Bonchev–Trinajstić information content (AvgIpc) is 3.34. The van der Waals surface area contributed by atoms with E-state index in [9.17, 15) is 9.18 Å². The number of aromatic nitrogens is 5. The Bertz CT molecular complexity index is 1250. The van der Waals surface area contributed by atoms with Crippen LogP contribution in [0.15, 0.2) is 36.8 Å². The fourth-order valence-electron chi connectivity index (χ4n) is 3.60. The minimum atomic E-state index is -0.503. The predicted molar refractivity (Wildman–Crippen MR) is 103 cm³/mol. The number of carbonyl (C=O) groups is 1. The summed E-state index contributed by atoms with van der Waals surface area (Å²) in [4.78, 5) is 16.0. The molecule has 0 fully saturated rings. The van der Waals surface area contributed by atoms with E-state index in [1.54, 1.807) is 28.9 Å². The first kappa shape index (κ1) is 17.2. The molecule has 0 bridgehead atoms. The zero-order chi connectivity index (χ0) is 20.0. The number of rotatable bonds is 4. The van der Waals surface area contributed by atoms with Gasteiger partial charge in [0, 0.05) is 30.4 Å². The molecule has 1 aliphatic rings. The van der Waals surface area contributed by atoms with Crippen LogP contribution in [0.4, 0.5) is 15.8 Å². The third-order valence-electron chi connectivity index (χ3n) is 4.87. The molecule has 10 heteroatoms. The van der Waals surface area contributed by atoms with E-state index in [0.717, 1.165) is 5.69 Å². The molecule has 4 aromatic rings. The summed E-state index contributed by atoms with van der Waals surface area (Å²) in [5.74, 6) is -0.651. The Morgan fingerprint density at radius 1 is 1.31 bits per heavy atom. The average molecular weight is 393 g/mol. The highest BCUT2D eigenvalue weighted by molar-refractivity contribution is 6.07. The number of hydrogen-bond acceptors (Lipinski definition) is 6. The van der Waals surface area contributed by atoms with Gasteiger partial charge in [-0.25, -0.2) is 4.39 Å². The number of aromatic amines is 1. The Hall–Kier alpha value is -3.95. The second-order valence-electron chi connectivity index (χ2n) is 6.52. The molecule has 0 unspecified atom stereocenters. The van der Waals surface area contributed by atoms with E-state index in [1.807, 2.05) is 0 Å². The van der Waals surface area contributed by atoms with Crippen LogP contribution in [0.2, 0.25) is 0 Å². The second kappa shape index (κ2) is 6.59. The van der Waals surface area contributed by atoms with Gasteiger partial charge in [-0.3, -0.25) is 4.79 Å². The molecule has 3 aromatic heterocycles. The molecule has 0 spiro atoms. The quantitative estimate of drug-likeness (QED) is 0.491. The molecule has 0 atom stereocenters. The number of ether oxygens (including phenoxy) is 1. The maximum Gasteiger partial charge on any atom is 0.255 e. The van der Waals surface area contributed by atoms with Gasteiger partial charge < -0.3 is 20.4 Å². The minimum Gasteiger partial charge on any atom is -0.492 e. The van der Waals surface area contributed by atoms with Gasteiger partial charge in [0.2, 0.25) is 0 Å². The van der Waals surface area contributed by atoms with Gasteiger partial charge in [-0.2, -0.15) is 9.61 Å². The molecule has 4 heterocycles. The number of amides is 1. The highest BCUT2D eigenvalue weighted by Gasteiger charge is 2.28. The zero-order valence-electron chi connectivity index (χ0n) is 15.4. The fourth-order valence-corrected chi connectivity index (χ4v) is 3.60. The van der Waals surface area contributed by atoms with Crippen molar-refractivity contribution in [2.24, 2.45) is 0 Å². The van der Waals surface area contributed by atoms with Crippen LogP contribution in [-0.4, -0.2) is 44.4 Å². The Kier molecular flexibility index (Phi) is 3.90. The zero-order valence-corrected chi connectivity index (χ0v) is 15.4. The molecule has 5 rings (SSSR count). The van der Waals surface area contributed by atoms with Crippen molar-refractivity contribution >= 4 is 22.9 Å². The molecule has 0 aliphatic carbocycles. The molecular weight excluding hydrogens is 377 g/mol. The van der Waals surface area contributed by atoms with Crippen LogP contribution >= 0.6 is 0 Å². The Morgan fingerprint density at radius 3 is 3.07 bits per heavy atom. The van der Waals surface area contributed by atoms with E-state index < -0.39 is 5.82 Å². The van der Waals surface area contributed by atoms with Crippen LogP contribution in [-0.2, 0) is 6.42 Å². The lowest BCUT2D eigenvalue weighted by Gasteiger charge is -2.16. The Balaban J connectivity index is 1.74. The van der Waals surface area contributed by atoms with Gasteiger partial charge in [-0.1, -0.05) is 6.07 Å². The molecule has 3 N–H and O–H groups in total. The first-order valence-corrected chi connectivity index (χ1v) is 8.95. The van der Waals surface area contributed by atoms with Crippen LogP contribution < -0.4 is 15.4 Å². The van der Waals surface area contributed by atoms with Gasteiger partial charge in [0.05, 0.1) is 29.7 Å². The summed E-state index contributed by atoms with van der Waals surface area (Å²) >= 11 is 0. The van der Waals surface area contributed by atoms with Gasteiger partial charge >= 0.3 is 0 Å². The highest BCUT2D eigenvalue weighted by Crippen LogP contribution is 2.40. The molecule has 0 radical (unpaired) electrons. The summed E-state index contributed by atoms with van der Waals surface area (Å²) in [6, 6.07) is 6.35. The van der Waals surface area contributed by atoms with Gasteiger partial charge in [0.15, 0.2) is 17.2 Å². The molecule has 0 saturated carbocycles. The number of H-pyrrole nitrogens is 1. The van der Waals surface area contributed by atoms with Crippen molar-refractivity contribution in [3.63, 3.8) is 0 Å². The van der Waals surface area contributed by atoms with Crippen LogP contribution in [0, 0.1) is 5.82 Å². The van der Waals surface area contributed by atoms with Gasteiger partial charge in [-0.05, 0) is 18.2 Å². The summed E-state index contributed by atoms with van der Waals surface area (Å²) < 4.78 is 21.0. The number of anilines is 2. The molecule has 1 aliphatic heterocycles. The van der Waals surface area contributed by atoms with E-state index in [1.165, 1.54) is 19.5 Å². The van der Waals surface area contributed by atoms with E-state index in [-0.39, 0.29) is 11.7 Å². The maximum absolute atomic E-state index is 14.2. The number of nitrogens with one attached hydrogen (secondary N) is 3. The lowest BCUT2D eigenvalue weighted by atomic mass is 10.1. The molecule has 1 amide bonds. The second-order valence-corrected chi connectivity index (χ2v) is 6.52. The van der Waals surface area contributed by atoms with Crippen molar-refractivity contribution in [2.45, 2.75) is 6.42 Å². The summed E-state index contributed by atoms with van der Waals surface area (Å²) in [5.41, 5.74) is 4.05.